The second-order valence-corrected chi connectivity index (χ2v) is 4.96. The van der Waals surface area contributed by atoms with Crippen molar-refractivity contribution in [1.82, 2.24) is 5.32 Å². The Balaban J connectivity index is 2.65. The molecule has 0 saturated carbocycles. The lowest BCUT2D eigenvalue weighted by Crippen LogP contribution is -2.50. The number of amides is 1. The first-order chi connectivity index (χ1) is 9.42. The molecule has 1 rings (SSSR count). The van der Waals surface area contributed by atoms with Crippen LogP contribution in [0.1, 0.15) is 31.1 Å². The smallest absolute Gasteiger partial charge is 0.259 e. The molecule has 0 aliphatic heterocycles. The van der Waals surface area contributed by atoms with Gasteiger partial charge < -0.3 is 10.1 Å². The van der Waals surface area contributed by atoms with E-state index in [9.17, 15) is 9.59 Å². The van der Waals surface area contributed by atoms with Crippen molar-refractivity contribution in [2.24, 2.45) is 5.92 Å². The molecule has 0 aliphatic rings. The van der Waals surface area contributed by atoms with E-state index in [2.05, 4.69) is 11.4 Å². The number of benzene rings is 1. The minimum absolute atomic E-state index is 0.0290. The third-order valence-electron chi connectivity index (χ3n) is 3.19. The van der Waals surface area contributed by atoms with Gasteiger partial charge in [0, 0.05) is 0 Å². The summed E-state index contributed by atoms with van der Waals surface area (Å²) in [6.07, 6.45) is 0.667. The van der Waals surface area contributed by atoms with E-state index in [1.807, 2.05) is 13.8 Å². The lowest BCUT2D eigenvalue weighted by molar-refractivity contribution is -0.124. The third-order valence-corrected chi connectivity index (χ3v) is 3.19. The molecule has 0 aliphatic carbocycles. The molecule has 1 aromatic carbocycles. The number of carbonyl (C=O) groups is 2. The Kier molecular flexibility index (Phi) is 5.27. The van der Waals surface area contributed by atoms with Gasteiger partial charge in [-0.05, 0) is 25.0 Å². The number of nitrogens with zero attached hydrogens (tertiary/aromatic N) is 1. The minimum Gasteiger partial charge on any atom is -0.483 e. The van der Waals surface area contributed by atoms with Crippen LogP contribution in [0.5, 0.6) is 5.75 Å². The van der Waals surface area contributed by atoms with Crippen LogP contribution in [0.4, 0.5) is 0 Å². The van der Waals surface area contributed by atoms with E-state index in [4.69, 9.17) is 10.00 Å². The van der Waals surface area contributed by atoms with Gasteiger partial charge in [-0.2, -0.15) is 5.26 Å². The van der Waals surface area contributed by atoms with Gasteiger partial charge in [0.2, 0.25) is 0 Å². The maximum atomic E-state index is 11.8. The first kappa shape index (κ1) is 15.7. The highest BCUT2D eigenvalue weighted by atomic mass is 16.5. The molecular weight excluding hydrogens is 256 g/mol. The highest BCUT2D eigenvalue weighted by Gasteiger charge is 2.30. The van der Waals surface area contributed by atoms with Crippen molar-refractivity contribution in [3.8, 4) is 11.8 Å². The number of hydrogen-bond donors (Lipinski definition) is 1. The molecule has 0 unspecified atom stereocenters. The molecule has 0 saturated heterocycles. The Labute approximate surface area is 118 Å². The van der Waals surface area contributed by atoms with Crippen molar-refractivity contribution < 1.29 is 14.3 Å². The van der Waals surface area contributed by atoms with Gasteiger partial charge in [-0.15, -0.1) is 0 Å². The van der Waals surface area contributed by atoms with Gasteiger partial charge in [-0.3, -0.25) is 9.59 Å². The SMILES string of the molecule is CC(C)[C@](C)(C#N)NC(=O)COc1ccccc1C=O. The fourth-order valence-corrected chi connectivity index (χ4v) is 1.48. The molecule has 106 valence electrons. The lowest BCUT2D eigenvalue weighted by atomic mass is 9.90. The number of nitriles is 1. The molecule has 0 aromatic heterocycles. The summed E-state index contributed by atoms with van der Waals surface area (Å²) in [6, 6.07) is 8.73. The van der Waals surface area contributed by atoms with Crippen LogP contribution in [-0.4, -0.2) is 24.3 Å². The summed E-state index contributed by atoms with van der Waals surface area (Å²) >= 11 is 0. The highest BCUT2D eigenvalue weighted by molar-refractivity contribution is 5.81. The molecule has 0 bridgehead atoms. The van der Waals surface area contributed by atoms with Crippen molar-refractivity contribution in [2.75, 3.05) is 6.61 Å². The van der Waals surface area contributed by atoms with Gasteiger partial charge in [0.25, 0.3) is 5.91 Å². The largest absolute Gasteiger partial charge is 0.483 e. The number of hydrogen-bond acceptors (Lipinski definition) is 4. The average Bonchev–Trinajstić information content (AvgIpc) is 2.45. The van der Waals surface area contributed by atoms with E-state index in [-0.39, 0.29) is 12.5 Å². The van der Waals surface area contributed by atoms with Gasteiger partial charge >= 0.3 is 0 Å². The number of nitrogens with one attached hydrogen (secondary N) is 1. The van der Waals surface area contributed by atoms with E-state index in [0.29, 0.717) is 17.6 Å². The van der Waals surface area contributed by atoms with Crippen molar-refractivity contribution >= 4 is 12.2 Å². The molecular formula is C15H18N2O3. The predicted octanol–water partition coefficient (Wildman–Crippen LogP) is 1.93. The van der Waals surface area contributed by atoms with Crippen LogP contribution in [0.15, 0.2) is 24.3 Å². The van der Waals surface area contributed by atoms with E-state index in [0.717, 1.165) is 0 Å². The Hall–Kier alpha value is -2.35. The predicted molar refractivity (Wildman–Crippen MR) is 74.3 cm³/mol. The van der Waals surface area contributed by atoms with E-state index in [1.165, 1.54) is 0 Å². The zero-order chi connectivity index (χ0) is 15.2. The summed E-state index contributed by atoms with van der Waals surface area (Å²) in [4.78, 5) is 22.6. The van der Waals surface area contributed by atoms with Gasteiger partial charge in [-0.25, -0.2) is 0 Å². The number of aldehydes is 1. The molecule has 0 radical (unpaired) electrons. The second kappa shape index (κ2) is 6.71. The number of ether oxygens (including phenoxy) is 1. The second-order valence-electron chi connectivity index (χ2n) is 4.96. The molecule has 1 aromatic rings. The van der Waals surface area contributed by atoms with Gasteiger partial charge in [-0.1, -0.05) is 26.0 Å². The van der Waals surface area contributed by atoms with Crippen LogP contribution in [0, 0.1) is 17.2 Å². The molecule has 1 amide bonds. The van der Waals surface area contributed by atoms with Crippen LogP contribution >= 0.6 is 0 Å². The van der Waals surface area contributed by atoms with E-state index >= 15 is 0 Å². The van der Waals surface area contributed by atoms with Crippen LogP contribution in [0.25, 0.3) is 0 Å². The van der Waals surface area contributed by atoms with Gasteiger partial charge in [0.15, 0.2) is 12.9 Å². The molecule has 0 heterocycles. The van der Waals surface area contributed by atoms with Crippen LogP contribution in [0.2, 0.25) is 0 Å². The monoisotopic (exact) mass is 274 g/mol. The molecule has 1 N–H and O–H groups in total. The Bertz CT molecular complexity index is 534. The summed E-state index contributed by atoms with van der Waals surface area (Å²) < 4.78 is 5.31. The van der Waals surface area contributed by atoms with Gasteiger partial charge in [0.1, 0.15) is 11.3 Å². The standard InChI is InChI=1S/C15H18N2O3/c1-11(2)15(3,10-16)17-14(19)9-20-13-7-5-4-6-12(13)8-18/h4-8,11H,9H2,1-3H3,(H,17,19)/t15-/m0/s1. The zero-order valence-electron chi connectivity index (χ0n) is 11.8. The molecule has 0 spiro atoms. The van der Waals surface area contributed by atoms with E-state index in [1.54, 1.807) is 31.2 Å². The Morgan fingerprint density at radius 2 is 2.15 bits per heavy atom. The fraction of sp³-hybridized carbons (Fsp3) is 0.400. The number of carbonyl (C=O) groups excluding carboxylic acids is 2. The topological polar surface area (TPSA) is 79.2 Å². The summed E-state index contributed by atoms with van der Waals surface area (Å²) in [6.45, 7) is 5.13. The number of rotatable bonds is 6. The minimum atomic E-state index is -0.940. The highest BCUT2D eigenvalue weighted by Crippen LogP contribution is 2.17. The first-order valence-corrected chi connectivity index (χ1v) is 6.32. The van der Waals surface area contributed by atoms with Crippen molar-refractivity contribution in [3.05, 3.63) is 29.8 Å². The average molecular weight is 274 g/mol. The van der Waals surface area contributed by atoms with Gasteiger partial charge in [0.05, 0.1) is 11.6 Å². The Morgan fingerprint density at radius 1 is 1.50 bits per heavy atom. The first-order valence-electron chi connectivity index (χ1n) is 6.32. The van der Waals surface area contributed by atoms with Crippen molar-refractivity contribution in [3.63, 3.8) is 0 Å². The number of para-hydroxylation sites is 1. The third kappa shape index (κ3) is 3.82. The molecule has 5 nitrogen and oxygen atoms in total. The quantitative estimate of drug-likeness (QED) is 0.804. The molecule has 1 atom stereocenters. The van der Waals surface area contributed by atoms with Crippen LogP contribution in [0.3, 0.4) is 0 Å². The van der Waals surface area contributed by atoms with Crippen LogP contribution in [-0.2, 0) is 4.79 Å². The van der Waals surface area contributed by atoms with Crippen molar-refractivity contribution in [1.29, 1.82) is 5.26 Å². The van der Waals surface area contributed by atoms with Crippen molar-refractivity contribution in [2.45, 2.75) is 26.3 Å². The summed E-state index contributed by atoms with van der Waals surface area (Å²) in [5, 5.41) is 11.8. The summed E-state index contributed by atoms with van der Waals surface area (Å²) in [7, 11) is 0. The zero-order valence-corrected chi connectivity index (χ0v) is 11.8. The van der Waals surface area contributed by atoms with Crippen LogP contribution < -0.4 is 10.1 Å². The maximum Gasteiger partial charge on any atom is 0.259 e. The summed E-state index contributed by atoms with van der Waals surface area (Å²) in [5.74, 6) is -0.0805. The normalized spacial score (nSPS) is 13.2. The molecule has 0 fully saturated rings. The maximum absolute atomic E-state index is 11.8. The van der Waals surface area contributed by atoms with E-state index < -0.39 is 11.4 Å². The molecule has 20 heavy (non-hydrogen) atoms. The lowest BCUT2D eigenvalue weighted by Gasteiger charge is -2.27. The summed E-state index contributed by atoms with van der Waals surface area (Å²) in [5.41, 5.74) is -0.558. The fourth-order valence-electron chi connectivity index (χ4n) is 1.48. The molecule has 5 heteroatoms. The Morgan fingerprint density at radius 3 is 2.70 bits per heavy atom.